The second kappa shape index (κ2) is 11.5. The zero-order valence-electron chi connectivity index (χ0n) is 25.6. The number of nitrogens with zero attached hydrogens (tertiary/aromatic N) is 4. The molecule has 1 saturated carbocycles. The maximum atomic E-state index is 13.2. The van der Waals surface area contributed by atoms with Crippen molar-refractivity contribution in [3.63, 3.8) is 0 Å². The van der Waals surface area contributed by atoms with E-state index in [-0.39, 0.29) is 30.5 Å². The number of aromatic nitrogens is 2. The van der Waals surface area contributed by atoms with E-state index in [1.807, 2.05) is 29.2 Å². The second-order valence-corrected chi connectivity index (χ2v) is 13.0. The Morgan fingerprint density at radius 3 is 2.59 bits per heavy atom. The molecule has 2 aliphatic heterocycles. The first kappa shape index (κ1) is 29.5. The molecule has 1 N–H and O–H groups in total. The predicted octanol–water partition coefficient (Wildman–Crippen LogP) is 4.79. The normalized spacial score (nSPS) is 20.4. The average molecular weight is 602 g/mol. The number of carbonyl (C=O) groups is 3. The SMILES string of the molecule is Cc1ccc(OC2CCCC23CN(C(=O)Cn2cc(NC(=O)C4CN(C(=O)OC(C)(C)C)c5ccccc5O4)cn2)C3)cc1. The summed E-state index contributed by atoms with van der Waals surface area (Å²) in [6.45, 7) is 8.80. The third-order valence-electron chi connectivity index (χ3n) is 8.37. The van der Waals surface area contributed by atoms with Gasteiger partial charge in [-0.2, -0.15) is 5.10 Å². The van der Waals surface area contributed by atoms with Crippen LogP contribution < -0.4 is 19.7 Å². The summed E-state index contributed by atoms with van der Waals surface area (Å²) in [5.74, 6) is 0.813. The van der Waals surface area contributed by atoms with Gasteiger partial charge in [0, 0.05) is 24.7 Å². The van der Waals surface area contributed by atoms with Crippen LogP contribution in [0.25, 0.3) is 0 Å². The molecule has 3 aliphatic rings. The van der Waals surface area contributed by atoms with Gasteiger partial charge in [0.1, 0.15) is 29.7 Å². The van der Waals surface area contributed by atoms with E-state index in [4.69, 9.17) is 14.2 Å². The summed E-state index contributed by atoms with van der Waals surface area (Å²) in [5, 5.41) is 7.09. The fraction of sp³-hybridized carbons (Fsp3) is 0.455. The van der Waals surface area contributed by atoms with Crippen molar-refractivity contribution in [2.75, 3.05) is 29.9 Å². The maximum Gasteiger partial charge on any atom is 0.415 e. The van der Waals surface area contributed by atoms with Crippen LogP contribution in [0, 0.1) is 12.3 Å². The van der Waals surface area contributed by atoms with Crippen LogP contribution in [0.5, 0.6) is 11.5 Å². The number of benzene rings is 2. The first-order valence-electron chi connectivity index (χ1n) is 15.1. The quantitative estimate of drug-likeness (QED) is 0.432. The Morgan fingerprint density at radius 1 is 1.09 bits per heavy atom. The zero-order chi connectivity index (χ0) is 31.1. The minimum atomic E-state index is -0.971. The number of para-hydroxylation sites is 2. The van der Waals surface area contributed by atoms with Gasteiger partial charge in [0.15, 0.2) is 6.10 Å². The number of ether oxygens (including phenoxy) is 3. The van der Waals surface area contributed by atoms with Gasteiger partial charge in [0.25, 0.3) is 5.91 Å². The topological polar surface area (TPSA) is 115 Å². The summed E-state index contributed by atoms with van der Waals surface area (Å²) in [5.41, 5.74) is 1.46. The molecule has 2 atom stereocenters. The molecule has 1 saturated heterocycles. The number of hydrogen-bond acceptors (Lipinski definition) is 7. The number of rotatable bonds is 6. The molecule has 11 heteroatoms. The van der Waals surface area contributed by atoms with Gasteiger partial charge in [-0.1, -0.05) is 29.8 Å². The van der Waals surface area contributed by atoms with Gasteiger partial charge in [0.05, 0.1) is 24.1 Å². The molecule has 0 radical (unpaired) electrons. The molecule has 1 spiro atoms. The first-order chi connectivity index (χ1) is 21.0. The van der Waals surface area contributed by atoms with E-state index in [9.17, 15) is 14.4 Å². The molecule has 2 fully saturated rings. The highest BCUT2D eigenvalue weighted by Crippen LogP contribution is 2.47. The molecular formula is C33H39N5O6. The number of nitrogens with one attached hydrogen (secondary N) is 1. The van der Waals surface area contributed by atoms with E-state index in [1.54, 1.807) is 51.2 Å². The molecule has 232 valence electrons. The number of carbonyl (C=O) groups excluding carboxylic acids is 3. The van der Waals surface area contributed by atoms with Crippen LogP contribution in [0.15, 0.2) is 60.9 Å². The lowest BCUT2D eigenvalue weighted by Crippen LogP contribution is -2.63. The smallest absolute Gasteiger partial charge is 0.415 e. The van der Waals surface area contributed by atoms with Crippen LogP contribution in [-0.4, -0.2) is 70.0 Å². The molecule has 0 bridgehead atoms. The lowest BCUT2D eigenvalue weighted by atomic mass is 9.76. The molecule has 6 rings (SSSR count). The molecule has 1 aliphatic carbocycles. The largest absolute Gasteiger partial charge is 0.490 e. The second-order valence-electron chi connectivity index (χ2n) is 13.0. The highest BCUT2D eigenvalue weighted by atomic mass is 16.6. The molecule has 3 amide bonds. The summed E-state index contributed by atoms with van der Waals surface area (Å²) >= 11 is 0. The van der Waals surface area contributed by atoms with Crippen molar-refractivity contribution in [3.05, 3.63) is 66.5 Å². The number of anilines is 2. The number of fused-ring (bicyclic) bond motifs is 1. The highest BCUT2D eigenvalue weighted by molar-refractivity contribution is 5.98. The standard InChI is InChI=1S/C33H39N5O6/c1-22-11-13-24(14-12-22)42-28-10-7-15-33(28)20-36(21-33)29(39)19-37-17-23(16-34-37)35-30(40)27-18-38(31(41)44-32(2,3)4)25-8-5-6-9-26(25)43-27/h5-6,8-9,11-14,16-17,27-28H,7,10,15,18-21H2,1-4H3,(H,35,40). The molecule has 2 unspecified atom stereocenters. The van der Waals surface area contributed by atoms with E-state index in [0.717, 1.165) is 25.0 Å². The summed E-state index contributed by atoms with van der Waals surface area (Å²) in [7, 11) is 0. The van der Waals surface area contributed by atoms with Crippen LogP contribution >= 0.6 is 0 Å². The monoisotopic (exact) mass is 601 g/mol. The van der Waals surface area contributed by atoms with E-state index >= 15 is 0 Å². The molecule has 44 heavy (non-hydrogen) atoms. The summed E-state index contributed by atoms with van der Waals surface area (Å²) in [6.07, 6.45) is 4.80. The van der Waals surface area contributed by atoms with Crippen LogP contribution in [0.2, 0.25) is 0 Å². The average Bonchev–Trinajstić information content (AvgIpc) is 3.58. The zero-order valence-corrected chi connectivity index (χ0v) is 25.6. The summed E-state index contributed by atoms with van der Waals surface area (Å²) in [4.78, 5) is 42.5. The molecular weight excluding hydrogens is 562 g/mol. The minimum Gasteiger partial charge on any atom is -0.490 e. The van der Waals surface area contributed by atoms with Crippen molar-refractivity contribution < 1.29 is 28.6 Å². The number of hydrogen-bond donors (Lipinski definition) is 1. The van der Waals surface area contributed by atoms with Gasteiger partial charge < -0.3 is 24.4 Å². The van der Waals surface area contributed by atoms with Gasteiger partial charge in [0.2, 0.25) is 5.91 Å². The van der Waals surface area contributed by atoms with Crippen LogP contribution in [0.4, 0.5) is 16.2 Å². The van der Waals surface area contributed by atoms with Gasteiger partial charge in [-0.15, -0.1) is 0 Å². The van der Waals surface area contributed by atoms with Gasteiger partial charge in [-0.3, -0.25) is 19.2 Å². The predicted molar refractivity (Wildman–Crippen MR) is 164 cm³/mol. The third kappa shape index (κ3) is 6.22. The Hall–Kier alpha value is -4.54. The van der Waals surface area contributed by atoms with Crippen molar-refractivity contribution in [1.29, 1.82) is 0 Å². The lowest BCUT2D eigenvalue weighted by Gasteiger charge is -2.51. The number of likely N-dealkylation sites (tertiary alicyclic amines) is 1. The van der Waals surface area contributed by atoms with E-state index in [2.05, 4.69) is 17.3 Å². The Balaban J connectivity index is 1.03. The van der Waals surface area contributed by atoms with E-state index in [1.165, 1.54) is 21.3 Å². The number of amides is 3. The van der Waals surface area contributed by atoms with Gasteiger partial charge in [-0.25, -0.2) is 4.79 Å². The maximum absolute atomic E-state index is 13.2. The van der Waals surface area contributed by atoms with Crippen molar-refractivity contribution in [2.24, 2.45) is 5.41 Å². The molecule has 3 aromatic rings. The Labute approximate surface area is 257 Å². The Morgan fingerprint density at radius 2 is 1.84 bits per heavy atom. The summed E-state index contributed by atoms with van der Waals surface area (Å²) in [6, 6.07) is 15.1. The van der Waals surface area contributed by atoms with Crippen molar-refractivity contribution in [2.45, 2.75) is 71.3 Å². The van der Waals surface area contributed by atoms with Crippen molar-refractivity contribution in [1.82, 2.24) is 14.7 Å². The number of aryl methyl sites for hydroxylation is 1. The summed E-state index contributed by atoms with van der Waals surface area (Å²) < 4.78 is 19.4. The van der Waals surface area contributed by atoms with E-state index in [0.29, 0.717) is 30.2 Å². The van der Waals surface area contributed by atoms with Gasteiger partial charge >= 0.3 is 6.09 Å². The fourth-order valence-electron chi connectivity index (χ4n) is 6.16. The molecule has 3 heterocycles. The molecule has 2 aromatic carbocycles. The molecule has 1 aromatic heterocycles. The van der Waals surface area contributed by atoms with Crippen molar-refractivity contribution >= 4 is 29.3 Å². The van der Waals surface area contributed by atoms with Crippen molar-refractivity contribution in [3.8, 4) is 11.5 Å². The minimum absolute atomic E-state index is 0.00437. The molecule has 11 nitrogen and oxygen atoms in total. The van der Waals surface area contributed by atoms with Crippen LogP contribution in [0.1, 0.15) is 45.6 Å². The highest BCUT2D eigenvalue weighted by Gasteiger charge is 2.54. The van der Waals surface area contributed by atoms with Crippen LogP contribution in [0.3, 0.4) is 0 Å². The first-order valence-corrected chi connectivity index (χ1v) is 15.1. The fourth-order valence-corrected chi connectivity index (χ4v) is 6.16. The Bertz CT molecular complexity index is 1540. The Kier molecular flexibility index (Phi) is 7.73. The van der Waals surface area contributed by atoms with E-state index < -0.39 is 23.7 Å². The third-order valence-corrected chi connectivity index (χ3v) is 8.37. The van der Waals surface area contributed by atoms with Gasteiger partial charge in [-0.05, 0) is 71.2 Å². The van der Waals surface area contributed by atoms with Crippen LogP contribution in [-0.2, 0) is 20.9 Å². The lowest BCUT2D eigenvalue weighted by molar-refractivity contribution is -0.149.